The van der Waals surface area contributed by atoms with Crippen LogP contribution in [-0.2, 0) is 6.54 Å². The summed E-state index contributed by atoms with van der Waals surface area (Å²) in [5.41, 5.74) is 8.19. The SMILES string of the molecule is CCCCCN(c1ccc(Cl)cc1CN)C(C)C. The lowest BCUT2D eigenvalue weighted by Crippen LogP contribution is -2.32. The van der Waals surface area contributed by atoms with Crippen LogP contribution in [0.2, 0.25) is 5.02 Å². The number of anilines is 1. The second-order valence-corrected chi connectivity index (χ2v) is 5.41. The second-order valence-electron chi connectivity index (χ2n) is 4.97. The van der Waals surface area contributed by atoms with E-state index in [-0.39, 0.29) is 0 Å². The zero-order valence-corrected chi connectivity index (χ0v) is 12.5. The van der Waals surface area contributed by atoms with Crippen LogP contribution in [0.15, 0.2) is 18.2 Å². The first-order chi connectivity index (χ1) is 8.60. The largest absolute Gasteiger partial charge is 0.369 e. The number of nitrogens with two attached hydrogens (primary N) is 1. The maximum absolute atomic E-state index is 6.03. The quantitative estimate of drug-likeness (QED) is 0.751. The van der Waals surface area contributed by atoms with Gasteiger partial charge in [0.1, 0.15) is 0 Å². The van der Waals surface area contributed by atoms with Crippen LogP contribution in [0.1, 0.15) is 45.6 Å². The van der Waals surface area contributed by atoms with Crippen molar-refractivity contribution in [3.05, 3.63) is 28.8 Å². The molecule has 0 radical (unpaired) electrons. The molecule has 3 heteroatoms. The van der Waals surface area contributed by atoms with Crippen LogP contribution in [0, 0.1) is 0 Å². The third-order valence-corrected chi connectivity index (χ3v) is 3.43. The van der Waals surface area contributed by atoms with E-state index < -0.39 is 0 Å². The normalized spacial score (nSPS) is 11.0. The Labute approximate surface area is 116 Å². The Morgan fingerprint density at radius 3 is 2.56 bits per heavy atom. The molecular formula is C15H25ClN2. The first-order valence-electron chi connectivity index (χ1n) is 6.85. The number of hydrogen-bond acceptors (Lipinski definition) is 2. The molecule has 18 heavy (non-hydrogen) atoms. The molecule has 0 aliphatic carbocycles. The molecule has 0 atom stereocenters. The number of nitrogens with zero attached hydrogens (tertiary/aromatic N) is 1. The van der Waals surface area contributed by atoms with Crippen LogP contribution in [-0.4, -0.2) is 12.6 Å². The van der Waals surface area contributed by atoms with Crippen LogP contribution >= 0.6 is 11.6 Å². The maximum atomic E-state index is 6.03. The van der Waals surface area contributed by atoms with Crippen molar-refractivity contribution < 1.29 is 0 Å². The van der Waals surface area contributed by atoms with Gasteiger partial charge in [-0.3, -0.25) is 0 Å². The van der Waals surface area contributed by atoms with E-state index in [0.29, 0.717) is 12.6 Å². The molecule has 0 bridgehead atoms. The Balaban J connectivity index is 2.90. The standard InChI is InChI=1S/C15H25ClN2/c1-4-5-6-9-18(12(2)3)15-8-7-14(16)10-13(15)11-17/h7-8,10,12H,4-6,9,11,17H2,1-3H3. The van der Waals surface area contributed by atoms with Crippen molar-refractivity contribution in [2.24, 2.45) is 5.73 Å². The summed E-state index contributed by atoms with van der Waals surface area (Å²) in [6.07, 6.45) is 3.74. The molecule has 0 saturated carbocycles. The number of rotatable bonds is 7. The molecule has 0 saturated heterocycles. The second kappa shape index (κ2) is 7.65. The van der Waals surface area contributed by atoms with Gasteiger partial charge in [0.2, 0.25) is 0 Å². The Morgan fingerprint density at radius 1 is 1.28 bits per heavy atom. The van der Waals surface area contributed by atoms with Gasteiger partial charge in [-0.1, -0.05) is 31.4 Å². The summed E-state index contributed by atoms with van der Waals surface area (Å²) in [5, 5.41) is 0.761. The highest BCUT2D eigenvalue weighted by Crippen LogP contribution is 2.26. The fourth-order valence-electron chi connectivity index (χ4n) is 2.19. The minimum absolute atomic E-state index is 0.480. The van der Waals surface area contributed by atoms with Crippen molar-refractivity contribution in [2.75, 3.05) is 11.4 Å². The van der Waals surface area contributed by atoms with Crippen LogP contribution in [0.4, 0.5) is 5.69 Å². The van der Waals surface area contributed by atoms with Gasteiger partial charge in [-0.2, -0.15) is 0 Å². The van der Waals surface area contributed by atoms with E-state index in [4.69, 9.17) is 17.3 Å². The Morgan fingerprint density at radius 2 is 2.00 bits per heavy atom. The van der Waals surface area contributed by atoms with Crippen molar-refractivity contribution >= 4 is 17.3 Å². The summed E-state index contributed by atoms with van der Waals surface area (Å²) in [4.78, 5) is 2.42. The monoisotopic (exact) mass is 268 g/mol. The zero-order valence-electron chi connectivity index (χ0n) is 11.7. The average molecular weight is 269 g/mol. The van der Waals surface area contributed by atoms with E-state index in [9.17, 15) is 0 Å². The smallest absolute Gasteiger partial charge is 0.0415 e. The number of benzene rings is 1. The van der Waals surface area contributed by atoms with Crippen molar-refractivity contribution in [3.8, 4) is 0 Å². The van der Waals surface area contributed by atoms with Gasteiger partial charge in [0.05, 0.1) is 0 Å². The Kier molecular flexibility index (Phi) is 6.51. The minimum atomic E-state index is 0.480. The van der Waals surface area contributed by atoms with Crippen molar-refractivity contribution in [2.45, 2.75) is 52.6 Å². The predicted octanol–water partition coefficient (Wildman–Crippen LogP) is 4.20. The molecule has 2 N–H and O–H groups in total. The van der Waals surface area contributed by atoms with Gasteiger partial charge in [0.15, 0.2) is 0 Å². The molecule has 1 rings (SSSR count). The van der Waals surface area contributed by atoms with Gasteiger partial charge in [-0.25, -0.2) is 0 Å². The highest BCUT2D eigenvalue weighted by atomic mass is 35.5. The average Bonchev–Trinajstić information content (AvgIpc) is 2.35. The summed E-state index contributed by atoms with van der Waals surface area (Å²) in [6.45, 7) is 8.29. The van der Waals surface area contributed by atoms with E-state index in [2.05, 4.69) is 31.7 Å². The predicted molar refractivity (Wildman–Crippen MR) is 81.4 cm³/mol. The van der Waals surface area contributed by atoms with E-state index in [0.717, 1.165) is 17.1 Å². The fraction of sp³-hybridized carbons (Fsp3) is 0.600. The van der Waals surface area contributed by atoms with Gasteiger partial charge in [0.25, 0.3) is 0 Å². The van der Waals surface area contributed by atoms with Gasteiger partial charge in [-0.15, -0.1) is 0 Å². The molecule has 102 valence electrons. The van der Waals surface area contributed by atoms with E-state index in [1.54, 1.807) is 0 Å². The molecule has 0 heterocycles. The zero-order chi connectivity index (χ0) is 13.5. The first-order valence-corrected chi connectivity index (χ1v) is 7.23. The van der Waals surface area contributed by atoms with Crippen molar-refractivity contribution in [3.63, 3.8) is 0 Å². The summed E-state index contributed by atoms with van der Waals surface area (Å²) in [5.74, 6) is 0. The fourth-order valence-corrected chi connectivity index (χ4v) is 2.38. The van der Waals surface area contributed by atoms with Crippen LogP contribution in [0.5, 0.6) is 0 Å². The van der Waals surface area contributed by atoms with E-state index in [1.165, 1.54) is 24.9 Å². The van der Waals surface area contributed by atoms with Crippen molar-refractivity contribution in [1.29, 1.82) is 0 Å². The van der Waals surface area contributed by atoms with Crippen LogP contribution in [0.3, 0.4) is 0 Å². The lowest BCUT2D eigenvalue weighted by Gasteiger charge is -2.31. The molecular weight excluding hydrogens is 244 g/mol. The Hall–Kier alpha value is -0.730. The molecule has 0 aliphatic rings. The van der Waals surface area contributed by atoms with Crippen LogP contribution < -0.4 is 10.6 Å². The molecule has 1 aromatic carbocycles. The lowest BCUT2D eigenvalue weighted by molar-refractivity contribution is 0.624. The van der Waals surface area contributed by atoms with E-state index in [1.807, 2.05) is 12.1 Å². The molecule has 0 fully saturated rings. The Bertz CT molecular complexity index is 364. The molecule has 0 spiro atoms. The third kappa shape index (κ3) is 4.18. The number of unbranched alkanes of at least 4 members (excludes halogenated alkanes) is 2. The highest BCUT2D eigenvalue weighted by Gasteiger charge is 2.13. The molecule has 0 unspecified atom stereocenters. The van der Waals surface area contributed by atoms with Crippen molar-refractivity contribution in [1.82, 2.24) is 0 Å². The van der Waals surface area contributed by atoms with Gasteiger partial charge < -0.3 is 10.6 Å². The lowest BCUT2D eigenvalue weighted by atomic mass is 10.1. The minimum Gasteiger partial charge on any atom is -0.369 e. The van der Waals surface area contributed by atoms with Gasteiger partial charge in [-0.05, 0) is 44.0 Å². The van der Waals surface area contributed by atoms with E-state index >= 15 is 0 Å². The molecule has 0 aromatic heterocycles. The van der Waals surface area contributed by atoms with Gasteiger partial charge >= 0.3 is 0 Å². The topological polar surface area (TPSA) is 29.3 Å². The molecule has 2 nitrogen and oxygen atoms in total. The maximum Gasteiger partial charge on any atom is 0.0415 e. The van der Waals surface area contributed by atoms with Crippen LogP contribution in [0.25, 0.3) is 0 Å². The summed E-state index contributed by atoms with van der Waals surface area (Å²) in [6, 6.07) is 6.50. The highest BCUT2D eigenvalue weighted by molar-refractivity contribution is 6.30. The molecule has 0 amide bonds. The number of hydrogen-bond donors (Lipinski definition) is 1. The molecule has 0 aliphatic heterocycles. The van der Waals surface area contributed by atoms with Gasteiger partial charge in [0, 0.05) is 29.8 Å². The molecule has 1 aromatic rings. The first kappa shape index (κ1) is 15.3. The summed E-state index contributed by atoms with van der Waals surface area (Å²) < 4.78 is 0. The summed E-state index contributed by atoms with van der Waals surface area (Å²) in [7, 11) is 0. The number of halogens is 1. The third-order valence-electron chi connectivity index (χ3n) is 3.20. The summed E-state index contributed by atoms with van der Waals surface area (Å²) >= 11 is 6.03.